The zero-order valence-electron chi connectivity index (χ0n) is 10.8. The third-order valence-electron chi connectivity index (χ3n) is 2.80. The number of nitrogen functional groups attached to an aromatic ring is 2. The molecule has 0 saturated carbocycles. The maximum Gasteiger partial charge on any atom is 0.296 e. The van der Waals surface area contributed by atoms with Crippen LogP contribution >= 0.6 is 0 Å². The second-order valence-electron chi connectivity index (χ2n) is 4.43. The molecule has 0 aliphatic heterocycles. The van der Waals surface area contributed by atoms with Crippen molar-refractivity contribution in [2.75, 3.05) is 16.8 Å². The molecule has 0 heterocycles. The van der Waals surface area contributed by atoms with Gasteiger partial charge in [-0.2, -0.15) is 8.42 Å². The van der Waals surface area contributed by atoms with Crippen LogP contribution in [0.2, 0.25) is 0 Å². The number of anilines is 4. The number of aryl methyl sites for hydroxylation is 1. The van der Waals surface area contributed by atoms with Crippen molar-refractivity contribution in [3.63, 3.8) is 0 Å². The van der Waals surface area contributed by atoms with Crippen LogP contribution in [0.1, 0.15) is 5.56 Å². The van der Waals surface area contributed by atoms with Crippen LogP contribution in [0.5, 0.6) is 0 Å². The van der Waals surface area contributed by atoms with Gasteiger partial charge in [-0.15, -0.1) is 0 Å². The summed E-state index contributed by atoms with van der Waals surface area (Å²) >= 11 is 0. The summed E-state index contributed by atoms with van der Waals surface area (Å²) in [6.45, 7) is 1.84. The van der Waals surface area contributed by atoms with Gasteiger partial charge in [-0.05, 0) is 48.9 Å². The van der Waals surface area contributed by atoms with E-state index in [1.807, 2.05) is 6.92 Å². The molecule has 0 aliphatic rings. The predicted octanol–water partition coefficient (Wildman–Crippen LogP) is 2.15. The molecule has 0 aliphatic carbocycles. The van der Waals surface area contributed by atoms with Crippen LogP contribution in [0.15, 0.2) is 41.3 Å². The van der Waals surface area contributed by atoms with Crippen molar-refractivity contribution < 1.29 is 13.0 Å². The van der Waals surface area contributed by atoms with E-state index >= 15 is 0 Å². The molecule has 2 aromatic carbocycles. The van der Waals surface area contributed by atoms with Crippen molar-refractivity contribution in [2.45, 2.75) is 11.8 Å². The number of hydrogen-bond donors (Lipinski definition) is 4. The maximum atomic E-state index is 11.4. The van der Waals surface area contributed by atoms with Gasteiger partial charge in [0.05, 0.1) is 5.69 Å². The lowest BCUT2D eigenvalue weighted by Crippen LogP contribution is -2.05. The van der Waals surface area contributed by atoms with Gasteiger partial charge in [0.15, 0.2) is 0 Å². The van der Waals surface area contributed by atoms with Crippen molar-refractivity contribution in [3.8, 4) is 0 Å². The van der Waals surface area contributed by atoms with Crippen molar-refractivity contribution in [1.29, 1.82) is 0 Å². The first-order valence-electron chi connectivity index (χ1n) is 5.77. The van der Waals surface area contributed by atoms with Crippen molar-refractivity contribution >= 4 is 32.9 Å². The fourth-order valence-electron chi connectivity index (χ4n) is 1.83. The quantitative estimate of drug-likeness (QED) is 0.508. The van der Waals surface area contributed by atoms with Crippen LogP contribution in [0.25, 0.3) is 0 Å². The molecule has 2 rings (SSSR count). The SMILES string of the molecule is Cc1cc(N)ccc1Nc1ccc(N)cc1S(=O)(=O)O. The van der Waals surface area contributed by atoms with Crippen molar-refractivity contribution in [2.24, 2.45) is 0 Å². The van der Waals surface area contributed by atoms with Crippen molar-refractivity contribution in [1.82, 2.24) is 0 Å². The fourth-order valence-corrected chi connectivity index (χ4v) is 2.51. The van der Waals surface area contributed by atoms with Gasteiger partial charge in [0.25, 0.3) is 10.1 Å². The molecule has 0 radical (unpaired) electrons. The lowest BCUT2D eigenvalue weighted by molar-refractivity contribution is 0.483. The van der Waals surface area contributed by atoms with Gasteiger partial charge < -0.3 is 16.8 Å². The number of nitrogens with two attached hydrogens (primary N) is 2. The van der Waals surface area contributed by atoms with Crippen LogP contribution in [-0.2, 0) is 10.1 Å². The highest BCUT2D eigenvalue weighted by atomic mass is 32.2. The Kier molecular flexibility index (Phi) is 3.56. The summed E-state index contributed by atoms with van der Waals surface area (Å²) in [4.78, 5) is -0.270. The van der Waals surface area contributed by atoms with Crippen LogP contribution in [0.4, 0.5) is 22.7 Å². The van der Waals surface area contributed by atoms with Gasteiger partial charge in [-0.3, -0.25) is 4.55 Å². The highest BCUT2D eigenvalue weighted by Crippen LogP contribution is 2.29. The van der Waals surface area contributed by atoms with Crippen LogP contribution in [0.3, 0.4) is 0 Å². The Labute approximate surface area is 117 Å². The number of nitrogens with one attached hydrogen (secondary N) is 1. The van der Waals surface area contributed by atoms with E-state index in [0.717, 1.165) is 5.56 Å². The topological polar surface area (TPSA) is 118 Å². The van der Waals surface area contributed by atoms with E-state index in [4.69, 9.17) is 11.5 Å². The van der Waals surface area contributed by atoms with Gasteiger partial charge in [0.1, 0.15) is 4.90 Å². The standard InChI is InChI=1S/C13H15N3O3S/c1-8-6-9(14)2-4-11(8)16-12-5-3-10(15)7-13(12)20(17,18)19/h2-7,16H,14-15H2,1H3,(H,17,18,19). The zero-order chi connectivity index (χ0) is 14.9. The highest BCUT2D eigenvalue weighted by molar-refractivity contribution is 7.86. The van der Waals surface area contributed by atoms with Gasteiger partial charge in [-0.25, -0.2) is 0 Å². The molecule has 0 unspecified atom stereocenters. The zero-order valence-corrected chi connectivity index (χ0v) is 11.6. The average Bonchev–Trinajstić information content (AvgIpc) is 2.33. The van der Waals surface area contributed by atoms with Gasteiger partial charge in [0.2, 0.25) is 0 Å². The third kappa shape index (κ3) is 3.01. The van der Waals surface area contributed by atoms with Crippen LogP contribution in [-0.4, -0.2) is 13.0 Å². The molecule has 0 amide bonds. The van der Waals surface area contributed by atoms with Gasteiger partial charge in [0, 0.05) is 17.1 Å². The summed E-state index contributed by atoms with van der Waals surface area (Å²) in [5, 5.41) is 2.95. The molecule has 0 bridgehead atoms. The van der Waals surface area contributed by atoms with E-state index in [1.54, 1.807) is 24.3 Å². The molecule has 0 atom stereocenters. The lowest BCUT2D eigenvalue weighted by Gasteiger charge is -2.13. The minimum absolute atomic E-state index is 0.245. The molecule has 20 heavy (non-hydrogen) atoms. The summed E-state index contributed by atoms with van der Waals surface area (Å²) in [7, 11) is -4.36. The summed E-state index contributed by atoms with van der Waals surface area (Å²) in [6, 6.07) is 9.42. The summed E-state index contributed by atoms with van der Waals surface area (Å²) < 4.78 is 32.0. The number of hydrogen-bond acceptors (Lipinski definition) is 5. The van der Waals surface area contributed by atoms with Gasteiger partial charge >= 0.3 is 0 Å². The molecule has 6 nitrogen and oxygen atoms in total. The van der Waals surface area contributed by atoms with E-state index in [0.29, 0.717) is 11.4 Å². The molecule has 0 fully saturated rings. The molecular formula is C13H15N3O3S. The second-order valence-corrected chi connectivity index (χ2v) is 5.82. The predicted molar refractivity (Wildman–Crippen MR) is 79.5 cm³/mol. The largest absolute Gasteiger partial charge is 0.399 e. The Morgan fingerprint density at radius 2 is 1.55 bits per heavy atom. The van der Waals surface area contributed by atoms with E-state index in [9.17, 15) is 13.0 Å². The molecule has 0 spiro atoms. The molecule has 6 N–H and O–H groups in total. The summed E-state index contributed by atoms with van der Waals surface area (Å²) in [5.74, 6) is 0. The minimum Gasteiger partial charge on any atom is -0.399 e. The minimum atomic E-state index is -4.36. The van der Waals surface area contributed by atoms with E-state index in [-0.39, 0.29) is 16.3 Å². The van der Waals surface area contributed by atoms with Crippen molar-refractivity contribution in [3.05, 3.63) is 42.0 Å². The Morgan fingerprint density at radius 3 is 2.10 bits per heavy atom. The fraction of sp³-hybridized carbons (Fsp3) is 0.0769. The molecule has 7 heteroatoms. The third-order valence-corrected chi connectivity index (χ3v) is 3.70. The normalized spacial score (nSPS) is 11.3. The first kappa shape index (κ1) is 14.2. The molecule has 0 aromatic heterocycles. The average molecular weight is 293 g/mol. The van der Waals surface area contributed by atoms with Crippen LogP contribution < -0.4 is 16.8 Å². The first-order valence-corrected chi connectivity index (χ1v) is 7.21. The Bertz CT molecular complexity index is 757. The molecule has 0 saturated heterocycles. The summed E-state index contributed by atoms with van der Waals surface area (Å²) in [6.07, 6.45) is 0. The lowest BCUT2D eigenvalue weighted by atomic mass is 10.1. The van der Waals surface area contributed by atoms with Crippen LogP contribution in [0, 0.1) is 6.92 Å². The second kappa shape index (κ2) is 5.03. The smallest absolute Gasteiger partial charge is 0.296 e. The van der Waals surface area contributed by atoms with E-state index < -0.39 is 10.1 Å². The first-order chi connectivity index (χ1) is 9.27. The number of benzene rings is 2. The number of rotatable bonds is 3. The molecule has 106 valence electrons. The Morgan fingerprint density at radius 1 is 1.00 bits per heavy atom. The Balaban J connectivity index is 2.49. The monoisotopic (exact) mass is 293 g/mol. The molecular weight excluding hydrogens is 278 g/mol. The van der Waals surface area contributed by atoms with E-state index in [1.165, 1.54) is 12.1 Å². The maximum absolute atomic E-state index is 11.4. The summed E-state index contributed by atoms with van der Waals surface area (Å²) in [5.41, 5.74) is 13.8. The van der Waals surface area contributed by atoms with Gasteiger partial charge in [-0.1, -0.05) is 0 Å². The highest BCUT2D eigenvalue weighted by Gasteiger charge is 2.16. The molecule has 2 aromatic rings. The Hall–Kier alpha value is -2.25. The van der Waals surface area contributed by atoms with E-state index in [2.05, 4.69) is 5.32 Å².